The molecule has 0 aromatic heterocycles. The Morgan fingerprint density at radius 1 is 1.14 bits per heavy atom. The fourth-order valence-electron chi connectivity index (χ4n) is 4.82. The first kappa shape index (κ1) is 25.3. The molecule has 0 bridgehead atoms. The molecule has 2 atom stereocenters. The van der Waals surface area contributed by atoms with Crippen LogP contribution in [0, 0.1) is 5.82 Å². The Kier molecular flexibility index (Phi) is 6.84. The molecule has 36 heavy (non-hydrogen) atoms. The number of benzene rings is 2. The number of nitrogens with one attached hydrogen (secondary N) is 2. The molecule has 9 heteroatoms. The lowest BCUT2D eigenvalue weighted by atomic mass is 9.84. The fraction of sp³-hybridized carbons (Fsp3) is 0.407. The summed E-state index contributed by atoms with van der Waals surface area (Å²) in [6, 6.07) is 7.61. The molecule has 0 saturated carbocycles. The smallest absolute Gasteiger partial charge is 0.322 e. The number of amides is 4. The van der Waals surface area contributed by atoms with Crippen molar-refractivity contribution >= 4 is 23.6 Å². The monoisotopic (exact) mass is 495 g/mol. The minimum atomic E-state index is -0.989. The number of ether oxygens (including phenoxy) is 1. The Bertz CT molecular complexity index is 1240. The summed E-state index contributed by atoms with van der Waals surface area (Å²) in [7, 11) is 1.56. The molecule has 4 rings (SSSR count). The number of hydrogen-bond acceptors (Lipinski definition) is 5. The molecule has 0 spiro atoms. The zero-order chi connectivity index (χ0) is 26.2. The summed E-state index contributed by atoms with van der Waals surface area (Å²) in [5, 5.41) is 4.54. The van der Waals surface area contributed by atoms with Crippen LogP contribution in [0.25, 0.3) is 0 Å². The van der Waals surface area contributed by atoms with Crippen molar-refractivity contribution in [3.05, 3.63) is 64.5 Å². The van der Waals surface area contributed by atoms with E-state index >= 15 is 0 Å². The van der Waals surface area contributed by atoms with Crippen LogP contribution in [0.15, 0.2) is 36.4 Å². The van der Waals surface area contributed by atoms with E-state index in [-0.39, 0.29) is 36.4 Å². The second-order valence-corrected chi connectivity index (χ2v) is 10.2. The molecule has 1 fully saturated rings. The topological polar surface area (TPSA) is 105 Å². The number of carbonyl (C=O) groups excluding carboxylic acids is 4. The Labute approximate surface area is 209 Å². The number of halogens is 1. The number of fused-ring (bicyclic) bond motifs is 1. The molecule has 4 amide bonds. The van der Waals surface area contributed by atoms with E-state index < -0.39 is 29.9 Å². The van der Waals surface area contributed by atoms with Gasteiger partial charge in [0.25, 0.3) is 5.91 Å². The van der Waals surface area contributed by atoms with Crippen LogP contribution >= 0.6 is 0 Å². The van der Waals surface area contributed by atoms with Crippen molar-refractivity contribution in [3.8, 4) is 5.75 Å². The second kappa shape index (κ2) is 9.72. The molecule has 2 N–H and O–H groups in total. The van der Waals surface area contributed by atoms with Crippen LogP contribution in [0.3, 0.4) is 0 Å². The maximum Gasteiger partial charge on any atom is 0.322 e. The molecular formula is C27H30FN3O5. The Morgan fingerprint density at radius 2 is 1.89 bits per heavy atom. The number of urea groups is 1. The lowest BCUT2D eigenvalue weighted by Crippen LogP contribution is -2.46. The zero-order valence-electron chi connectivity index (χ0n) is 20.8. The molecule has 190 valence electrons. The van der Waals surface area contributed by atoms with Gasteiger partial charge in [0.15, 0.2) is 5.78 Å². The minimum absolute atomic E-state index is 0.0676. The average molecular weight is 496 g/mol. The summed E-state index contributed by atoms with van der Waals surface area (Å²) < 4.78 is 20.1. The summed E-state index contributed by atoms with van der Waals surface area (Å²) in [6.07, 6.45) is 0.170. The van der Waals surface area contributed by atoms with Gasteiger partial charge in [0.05, 0.1) is 13.5 Å². The lowest BCUT2D eigenvalue weighted by Gasteiger charge is -2.37. The van der Waals surface area contributed by atoms with Gasteiger partial charge in [-0.15, -0.1) is 0 Å². The first-order valence-electron chi connectivity index (χ1n) is 11.9. The van der Waals surface area contributed by atoms with Crippen LogP contribution in [0.4, 0.5) is 9.18 Å². The molecule has 0 aliphatic carbocycles. The highest BCUT2D eigenvalue weighted by Crippen LogP contribution is 2.35. The lowest BCUT2D eigenvalue weighted by molar-refractivity contribution is -0.141. The number of nitrogens with zero attached hydrogens (tertiary/aromatic N) is 1. The predicted octanol–water partition coefficient (Wildman–Crippen LogP) is 2.97. The number of Topliss-reactive ketones (excluding diaryl/α,β-unsaturated/α-hetero) is 1. The van der Waals surface area contributed by atoms with Crippen LogP contribution in [0.2, 0.25) is 0 Å². The first-order chi connectivity index (χ1) is 17.0. The van der Waals surface area contributed by atoms with Gasteiger partial charge in [-0.1, -0.05) is 39.0 Å². The van der Waals surface area contributed by atoms with E-state index in [1.54, 1.807) is 31.4 Å². The maximum atomic E-state index is 14.8. The third kappa shape index (κ3) is 5.10. The summed E-state index contributed by atoms with van der Waals surface area (Å²) in [4.78, 5) is 51.8. The number of rotatable bonds is 6. The van der Waals surface area contributed by atoms with Crippen LogP contribution in [-0.4, -0.2) is 48.2 Å². The molecule has 1 unspecified atom stereocenters. The standard InChI is InChI=1S/C27H30FN3O5/c1-27(2,3)19-8-5-15(11-20(19)28)12-22(32)24-18-7-6-17(36-4)13-16(18)9-10-31(24)23(33)14-21-25(34)30-26(35)29-21/h5-8,11,13,21,24H,9-10,12,14H2,1-4H3,(H2,29,30,34,35)/t21?,24-/m1/s1. The predicted molar refractivity (Wildman–Crippen MR) is 130 cm³/mol. The Morgan fingerprint density at radius 3 is 2.50 bits per heavy atom. The van der Waals surface area contributed by atoms with Crippen molar-refractivity contribution in [3.63, 3.8) is 0 Å². The highest BCUT2D eigenvalue weighted by atomic mass is 19.1. The van der Waals surface area contributed by atoms with E-state index in [4.69, 9.17) is 4.74 Å². The van der Waals surface area contributed by atoms with Gasteiger partial charge in [-0.05, 0) is 52.3 Å². The van der Waals surface area contributed by atoms with Crippen LogP contribution in [0.1, 0.15) is 55.5 Å². The van der Waals surface area contributed by atoms with Gasteiger partial charge in [-0.3, -0.25) is 19.7 Å². The van der Waals surface area contributed by atoms with Crippen molar-refractivity contribution in [1.29, 1.82) is 0 Å². The van der Waals surface area contributed by atoms with Crippen molar-refractivity contribution in [2.24, 2.45) is 0 Å². The van der Waals surface area contributed by atoms with E-state index in [0.717, 1.165) is 5.56 Å². The zero-order valence-corrected chi connectivity index (χ0v) is 20.8. The van der Waals surface area contributed by atoms with Crippen LogP contribution in [-0.2, 0) is 32.6 Å². The van der Waals surface area contributed by atoms with Gasteiger partial charge in [-0.2, -0.15) is 0 Å². The number of hydrogen-bond donors (Lipinski definition) is 2. The fourth-order valence-corrected chi connectivity index (χ4v) is 4.82. The molecule has 0 radical (unpaired) electrons. The molecule has 2 aromatic rings. The van der Waals surface area contributed by atoms with Crippen molar-refractivity contribution in [2.45, 2.75) is 57.5 Å². The van der Waals surface area contributed by atoms with Gasteiger partial charge >= 0.3 is 6.03 Å². The van der Waals surface area contributed by atoms with Gasteiger partial charge in [0.2, 0.25) is 5.91 Å². The van der Waals surface area contributed by atoms with Gasteiger partial charge in [0.1, 0.15) is 23.7 Å². The molecule has 8 nitrogen and oxygen atoms in total. The first-order valence-corrected chi connectivity index (χ1v) is 11.9. The van der Waals surface area contributed by atoms with Gasteiger partial charge in [0, 0.05) is 13.0 Å². The van der Waals surface area contributed by atoms with E-state index in [0.29, 0.717) is 28.9 Å². The summed E-state index contributed by atoms with van der Waals surface area (Å²) in [6.45, 7) is 6.01. The third-order valence-corrected chi connectivity index (χ3v) is 6.66. The quantitative estimate of drug-likeness (QED) is 0.600. The minimum Gasteiger partial charge on any atom is -0.497 e. The Hall–Kier alpha value is -3.75. The van der Waals surface area contributed by atoms with E-state index in [1.165, 1.54) is 11.0 Å². The summed E-state index contributed by atoms with van der Waals surface area (Å²) in [5.74, 6) is -1.00. The second-order valence-electron chi connectivity index (χ2n) is 10.2. The number of carbonyl (C=O) groups is 4. The number of imide groups is 1. The van der Waals surface area contributed by atoms with E-state index in [1.807, 2.05) is 26.8 Å². The average Bonchev–Trinajstić information content (AvgIpc) is 3.13. The van der Waals surface area contributed by atoms with E-state index in [9.17, 15) is 23.6 Å². The van der Waals surface area contributed by atoms with Crippen molar-refractivity contribution in [1.82, 2.24) is 15.5 Å². The Balaban J connectivity index is 1.63. The molecule has 2 aliphatic heterocycles. The number of ketones is 1. The third-order valence-electron chi connectivity index (χ3n) is 6.66. The highest BCUT2D eigenvalue weighted by Gasteiger charge is 2.39. The van der Waals surface area contributed by atoms with E-state index in [2.05, 4.69) is 10.6 Å². The molecule has 1 saturated heterocycles. The molecule has 2 aromatic carbocycles. The maximum absolute atomic E-state index is 14.8. The highest BCUT2D eigenvalue weighted by molar-refractivity contribution is 6.06. The molecule has 2 aliphatic rings. The normalized spacial score (nSPS) is 19.4. The van der Waals surface area contributed by atoms with Crippen LogP contribution < -0.4 is 15.4 Å². The summed E-state index contributed by atoms with van der Waals surface area (Å²) >= 11 is 0. The van der Waals surface area contributed by atoms with Gasteiger partial charge < -0.3 is 15.0 Å². The van der Waals surface area contributed by atoms with Crippen LogP contribution in [0.5, 0.6) is 5.75 Å². The SMILES string of the molecule is COc1ccc2c(c1)CCN(C(=O)CC1NC(=O)NC1=O)[C@H]2C(=O)Cc1ccc(C(C)(C)C)c(F)c1. The van der Waals surface area contributed by atoms with Gasteiger partial charge in [-0.25, -0.2) is 9.18 Å². The largest absolute Gasteiger partial charge is 0.497 e. The van der Waals surface area contributed by atoms with Crippen molar-refractivity contribution < 1.29 is 28.3 Å². The molecule has 2 heterocycles. The van der Waals surface area contributed by atoms with Crippen molar-refractivity contribution in [2.75, 3.05) is 13.7 Å². The molecular weight excluding hydrogens is 465 g/mol. The summed E-state index contributed by atoms with van der Waals surface area (Å²) in [5.41, 5.74) is 2.26. The number of methoxy groups -OCH3 is 1.